The second-order valence-corrected chi connectivity index (χ2v) is 5.25. The molecule has 1 aliphatic rings. The summed E-state index contributed by atoms with van der Waals surface area (Å²) in [5, 5.41) is 18.6. The minimum Gasteiger partial charge on any atom is -0.504 e. The third kappa shape index (κ3) is 2.01. The predicted octanol–water partition coefficient (Wildman–Crippen LogP) is 0.907. The van der Waals surface area contributed by atoms with Crippen molar-refractivity contribution in [1.82, 2.24) is 4.90 Å². The van der Waals surface area contributed by atoms with Crippen LogP contribution in [-0.4, -0.2) is 39.6 Å². The molecule has 0 spiro atoms. The highest BCUT2D eigenvalue weighted by atomic mass is 16.3. The molecular formula is C13H18N2O3. The van der Waals surface area contributed by atoms with Gasteiger partial charge in [-0.1, -0.05) is 13.8 Å². The Morgan fingerprint density at radius 2 is 1.94 bits per heavy atom. The highest BCUT2D eigenvalue weighted by Crippen LogP contribution is 2.30. The smallest absolute Gasteiger partial charge is 0.254 e. The molecule has 1 aromatic rings. The van der Waals surface area contributed by atoms with Crippen molar-refractivity contribution in [1.29, 1.82) is 0 Å². The molecule has 1 aromatic carbocycles. The summed E-state index contributed by atoms with van der Waals surface area (Å²) < 4.78 is 0. The van der Waals surface area contributed by atoms with Crippen LogP contribution in [0, 0.1) is 5.92 Å². The number of nitrogens with zero attached hydrogens (tertiary/aromatic N) is 1. The fourth-order valence-corrected chi connectivity index (χ4v) is 2.01. The van der Waals surface area contributed by atoms with E-state index < -0.39 is 0 Å². The molecule has 0 saturated carbocycles. The molecule has 18 heavy (non-hydrogen) atoms. The number of carbonyl (C=O) groups is 1. The zero-order valence-electron chi connectivity index (χ0n) is 10.6. The quantitative estimate of drug-likeness (QED) is 0.681. The second-order valence-electron chi connectivity index (χ2n) is 5.25. The third-order valence-corrected chi connectivity index (χ3v) is 3.63. The first kappa shape index (κ1) is 12.7. The van der Waals surface area contributed by atoms with Gasteiger partial charge in [0.25, 0.3) is 5.91 Å². The minimum absolute atomic E-state index is 0.174. The summed E-state index contributed by atoms with van der Waals surface area (Å²) in [6.07, 6.45) is 0. The van der Waals surface area contributed by atoms with Crippen molar-refractivity contribution in [2.75, 3.05) is 13.1 Å². The van der Waals surface area contributed by atoms with Crippen LogP contribution in [-0.2, 0) is 0 Å². The molecule has 1 heterocycles. The van der Waals surface area contributed by atoms with Crippen molar-refractivity contribution in [2.45, 2.75) is 19.4 Å². The van der Waals surface area contributed by atoms with Crippen LogP contribution >= 0.6 is 0 Å². The monoisotopic (exact) mass is 250 g/mol. The van der Waals surface area contributed by atoms with Gasteiger partial charge in [-0.3, -0.25) is 4.79 Å². The summed E-state index contributed by atoms with van der Waals surface area (Å²) in [7, 11) is 0. The van der Waals surface area contributed by atoms with Crippen molar-refractivity contribution >= 4 is 5.91 Å². The average Bonchev–Trinajstić information content (AvgIpc) is 2.27. The van der Waals surface area contributed by atoms with E-state index in [1.165, 1.54) is 18.2 Å². The molecule has 98 valence electrons. The lowest BCUT2D eigenvalue weighted by molar-refractivity contribution is 0.0274. The lowest BCUT2D eigenvalue weighted by Crippen LogP contribution is -2.71. The summed E-state index contributed by atoms with van der Waals surface area (Å²) in [5.41, 5.74) is 6.17. The van der Waals surface area contributed by atoms with Gasteiger partial charge in [0.05, 0.1) is 5.54 Å². The summed E-state index contributed by atoms with van der Waals surface area (Å²) in [6, 6.07) is 4.06. The van der Waals surface area contributed by atoms with E-state index in [9.17, 15) is 15.0 Å². The maximum Gasteiger partial charge on any atom is 0.254 e. The van der Waals surface area contributed by atoms with Crippen molar-refractivity contribution in [3.63, 3.8) is 0 Å². The zero-order valence-corrected chi connectivity index (χ0v) is 10.6. The van der Waals surface area contributed by atoms with Crippen molar-refractivity contribution in [3.8, 4) is 11.5 Å². The summed E-state index contributed by atoms with van der Waals surface area (Å²) in [6.45, 7) is 5.11. The number of phenolic OH excluding ortho intramolecular Hbond substituents is 2. The molecule has 2 rings (SSSR count). The average molecular weight is 250 g/mol. The Balaban J connectivity index is 2.08. The third-order valence-electron chi connectivity index (χ3n) is 3.63. The highest BCUT2D eigenvalue weighted by molar-refractivity contribution is 5.95. The molecule has 0 aliphatic carbocycles. The van der Waals surface area contributed by atoms with Crippen LogP contribution in [0.4, 0.5) is 0 Å². The van der Waals surface area contributed by atoms with Crippen molar-refractivity contribution in [3.05, 3.63) is 23.8 Å². The molecule has 0 atom stereocenters. The first-order valence-corrected chi connectivity index (χ1v) is 5.93. The van der Waals surface area contributed by atoms with Gasteiger partial charge in [0, 0.05) is 18.7 Å². The van der Waals surface area contributed by atoms with Crippen LogP contribution in [0.25, 0.3) is 0 Å². The summed E-state index contributed by atoms with van der Waals surface area (Å²) in [4.78, 5) is 13.7. The van der Waals surface area contributed by atoms with Gasteiger partial charge in [0.1, 0.15) is 0 Å². The Morgan fingerprint density at radius 3 is 2.44 bits per heavy atom. The fourth-order valence-electron chi connectivity index (χ4n) is 2.01. The van der Waals surface area contributed by atoms with Crippen LogP contribution in [0.2, 0.25) is 0 Å². The van der Waals surface area contributed by atoms with Gasteiger partial charge in [-0.15, -0.1) is 0 Å². The molecule has 1 aliphatic heterocycles. The van der Waals surface area contributed by atoms with Crippen LogP contribution < -0.4 is 5.73 Å². The number of likely N-dealkylation sites (tertiary alicyclic amines) is 1. The van der Waals surface area contributed by atoms with E-state index in [0.29, 0.717) is 24.6 Å². The first-order valence-electron chi connectivity index (χ1n) is 5.93. The largest absolute Gasteiger partial charge is 0.504 e. The second kappa shape index (κ2) is 4.17. The molecular weight excluding hydrogens is 232 g/mol. The first-order chi connectivity index (χ1) is 8.33. The number of nitrogens with two attached hydrogens (primary N) is 1. The lowest BCUT2D eigenvalue weighted by Gasteiger charge is -2.50. The van der Waals surface area contributed by atoms with E-state index in [1.54, 1.807) is 4.90 Å². The molecule has 0 unspecified atom stereocenters. The maximum absolute atomic E-state index is 12.1. The van der Waals surface area contributed by atoms with Gasteiger partial charge in [-0.25, -0.2) is 0 Å². The zero-order chi connectivity index (χ0) is 13.5. The van der Waals surface area contributed by atoms with E-state index >= 15 is 0 Å². The van der Waals surface area contributed by atoms with E-state index in [4.69, 9.17) is 5.73 Å². The molecule has 1 fully saturated rings. The summed E-state index contributed by atoms with van der Waals surface area (Å²) >= 11 is 0. The lowest BCUT2D eigenvalue weighted by atomic mass is 9.80. The van der Waals surface area contributed by atoms with E-state index in [1.807, 2.05) is 13.8 Å². The van der Waals surface area contributed by atoms with Gasteiger partial charge in [0.15, 0.2) is 11.5 Å². The van der Waals surface area contributed by atoms with Gasteiger partial charge in [-0.2, -0.15) is 0 Å². The molecule has 0 radical (unpaired) electrons. The number of rotatable bonds is 2. The van der Waals surface area contributed by atoms with Crippen LogP contribution in [0.1, 0.15) is 24.2 Å². The molecule has 0 aromatic heterocycles. The number of hydrogen-bond acceptors (Lipinski definition) is 4. The Bertz CT molecular complexity index is 479. The van der Waals surface area contributed by atoms with E-state index in [0.717, 1.165) is 0 Å². The Morgan fingerprint density at radius 1 is 1.33 bits per heavy atom. The van der Waals surface area contributed by atoms with Gasteiger partial charge in [-0.05, 0) is 24.1 Å². The number of amides is 1. The number of phenols is 2. The predicted molar refractivity (Wildman–Crippen MR) is 67.4 cm³/mol. The van der Waals surface area contributed by atoms with Gasteiger partial charge >= 0.3 is 0 Å². The van der Waals surface area contributed by atoms with Crippen LogP contribution in [0.5, 0.6) is 11.5 Å². The number of benzene rings is 1. The molecule has 4 N–H and O–H groups in total. The van der Waals surface area contributed by atoms with Crippen molar-refractivity contribution < 1.29 is 15.0 Å². The summed E-state index contributed by atoms with van der Waals surface area (Å²) in [5.74, 6) is -0.378. The molecule has 1 saturated heterocycles. The van der Waals surface area contributed by atoms with E-state index in [2.05, 4.69) is 0 Å². The standard InChI is InChI=1S/C13H18N2O3/c1-8(2)13(14)6-15(7-13)12(18)9-3-4-10(16)11(17)5-9/h3-5,8,16-17H,6-7,14H2,1-2H3. The van der Waals surface area contributed by atoms with Crippen LogP contribution in [0.3, 0.4) is 0 Å². The topological polar surface area (TPSA) is 86.8 Å². The Labute approximate surface area is 106 Å². The minimum atomic E-state index is -0.311. The van der Waals surface area contributed by atoms with Gasteiger partial charge < -0.3 is 20.8 Å². The van der Waals surface area contributed by atoms with Gasteiger partial charge in [0.2, 0.25) is 0 Å². The Hall–Kier alpha value is -1.75. The highest BCUT2D eigenvalue weighted by Gasteiger charge is 2.44. The molecule has 5 heteroatoms. The SMILES string of the molecule is CC(C)C1(N)CN(C(=O)c2ccc(O)c(O)c2)C1. The molecule has 0 bridgehead atoms. The van der Waals surface area contributed by atoms with Crippen molar-refractivity contribution in [2.24, 2.45) is 11.7 Å². The number of carbonyl (C=O) groups excluding carboxylic acids is 1. The molecule has 1 amide bonds. The maximum atomic E-state index is 12.1. The fraction of sp³-hybridized carbons (Fsp3) is 0.462. The normalized spacial score (nSPS) is 17.7. The Kier molecular flexibility index (Phi) is 2.94. The van der Waals surface area contributed by atoms with E-state index in [-0.39, 0.29) is 22.9 Å². The molecule has 5 nitrogen and oxygen atoms in total. The van der Waals surface area contributed by atoms with Crippen LogP contribution in [0.15, 0.2) is 18.2 Å². The number of hydrogen-bond donors (Lipinski definition) is 3. The number of aromatic hydroxyl groups is 2.